The quantitative estimate of drug-likeness (QED) is 0.854. The molecular formula is C16H20N2O2. The minimum Gasteiger partial charge on any atom is -0.339 e. The zero-order chi connectivity index (χ0) is 14.3. The van der Waals surface area contributed by atoms with Gasteiger partial charge in [-0.25, -0.2) is 0 Å². The monoisotopic (exact) mass is 272 g/mol. The Bertz CT molecular complexity index is 572. The maximum Gasteiger partial charge on any atom is 0.253 e. The van der Waals surface area contributed by atoms with Gasteiger partial charge in [0.15, 0.2) is 0 Å². The number of amides is 2. The predicted octanol–water partition coefficient (Wildman–Crippen LogP) is 2.54. The van der Waals surface area contributed by atoms with Gasteiger partial charge in [0.1, 0.15) is 0 Å². The van der Waals surface area contributed by atoms with Crippen molar-refractivity contribution in [2.24, 2.45) is 0 Å². The van der Waals surface area contributed by atoms with Crippen molar-refractivity contribution < 1.29 is 9.59 Å². The number of hydrogen-bond donors (Lipinski definition) is 1. The number of fused-ring (bicyclic) bond motifs is 1. The maximum atomic E-state index is 12.5. The first-order valence-corrected chi connectivity index (χ1v) is 7.25. The van der Waals surface area contributed by atoms with Gasteiger partial charge in [-0.1, -0.05) is 0 Å². The van der Waals surface area contributed by atoms with Gasteiger partial charge >= 0.3 is 0 Å². The number of hydrogen-bond acceptors (Lipinski definition) is 2. The minimum atomic E-state index is -0.562. The normalized spacial score (nSPS) is 20.5. The van der Waals surface area contributed by atoms with Gasteiger partial charge in [0.25, 0.3) is 5.91 Å². The topological polar surface area (TPSA) is 49.4 Å². The van der Waals surface area contributed by atoms with E-state index < -0.39 is 5.41 Å². The van der Waals surface area contributed by atoms with Gasteiger partial charge in [-0.3, -0.25) is 9.59 Å². The highest BCUT2D eigenvalue weighted by Gasteiger charge is 2.38. The van der Waals surface area contributed by atoms with E-state index in [1.165, 1.54) is 6.42 Å². The maximum absolute atomic E-state index is 12.5. The first kappa shape index (κ1) is 13.2. The molecule has 20 heavy (non-hydrogen) atoms. The summed E-state index contributed by atoms with van der Waals surface area (Å²) in [5.74, 6) is 0.0812. The van der Waals surface area contributed by atoms with Gasteiger partial charge in [0, 0.05) is 24.3 Å². The molecule has 0 bridgehead atoms. The second-order valence-corrected chi connectivity index (χ2v) is 6.19. The lowest BCUT2D eigenvalue weighted by Gasteiger charge is -2.27. The zero-order valence-electron chi connectivity index (χ0n) is 12.0. The summed E-state index contributed by atoms with van der Waals surface area (Å²) in [7, 11) is 0. The number of nitrogens with one attached hydrogen (secondary N) is 1. The smallest absolute Gasteiger partial charge is 0.253 e. The first-order chi connectivity index (χ1) is 9.50. The molecule has 1 N–H and O–H groups in total. The molecule has 2 heterocycles. The van der Waals surface area contributed by atoms with E-state index >= 15 is 0 Å². The lowest BCUT2D eigenvalue weighted by Crippen LogP contribution is -2.35. The SMILES string of the molecule is CC1(C)C(=O)Nc2ccc(C(=O)N3CCCCC3)cc21. The van der Waals surface area contributed by atoms with Crippen LogP contribution in [-0.4, -0.2) is 29.8 Å². The highest BCUT2D eigenvalue weighted by molar-refractivity contribution is 6.07. The Morgan fingerprint density at radius 2 is 1.90 bits per heavy atom. The van der Waals surface area contributed by atoms with Gasteiger partial charge < -0.3 is 10.2 Å². The molecule has 1 fully saturated rings. The van der Waals surface area contributed by atoms with Gasteiger partial charge in [0.2, 0.25) is 5.91 Å². The first-order valence-electron chi connectivity index (χ1n) is 7.25. The summed E-state index contributed by atoms with van der Waals surface area (Å²) in [4.78, 5) is 26.4. The number of anilines is 1. The van der Waals surface area contributed by atoms with Crippen molar-refractivity contribution in [3.8, 4) is 0 Å². The second kappa shape index (κ2) is 4.62. The van der Waals surface area contributed by atoms with Crippen LogP contribution in [0.15, 0.2) is 18.2 Å². The molecule has 0 aliphatic carbocycles. The van der Waals surface area contributed by atoms with Crippen LogP contribution in [0.2, 0.25) is 0 Å². The number of likely N-dealkylation sites (tertiary alicyclic amines) is 1. The van der Waals surface area contributed by atoms with Crippen LogP contribution >= 0.6 is 0 Å². The van der Waals surface area contributed by atoms with E-state index in [9.17, 15) is 9.59 Å². The molecule has 3 rings (SSSR count). The molecule has 2 amide bonds. The molecule has 1 aromatic rings. The van der Waals surface area contributed by atoms with Crippen molar-refractivity contribution in [1.29, 1.82) is 0 Å². The van der Waals surface area contributed by atoms with E-state index in [2.05, 4.69) is 5.32 Å². The lowest BCUT2D eigenvalue weighted by atomic mass is 9.85. The summed E-state index contributed by atoms with van der Waals surface area (Å²) < 4.78 is 0. The van der Waals surface area contributed by atoms with Crippen LogP contribution < -0.4 is 5.32 Å². The van der Waals surface area contributed by atoms with Crippen molar-refractivity contribution >= 4 is 17.5 Å². The second-order valence-electron chi connectivity index (χ2n) is 6.19. The fraction of sp³-hybridized carbons (Fsp3) is 0.500. The molecule has 1 aromatic carbocycles. The standard InChI is InChI=1S/C16H20N2O2/c1-16(2)12-10-11(6-7-13(12)17-15(16)20)14(19)18-8-4-3-5-9-18/h6-7,10H,3-5,8-9H2,1-2H3,(H,17,20). The third-order valence-electron chi connectivity index (χ3n) is 4.40. The fourth-order valence-corrected chi connectivity index (χ4v) is 2.98. The Balaban J connectivity index is 1.91. The molecule has 1 saturated heterocycles. The van der Waals surface area contributed by atoms with Crippen LogP contribution in [0.4, 0.5) is 5.69 Å². The number of carbonyl (C=O) groups is 2. The average Bonchev–Trinajstić information content (AvgIpc) is 2.69. The summed E-state index contributed by atoms with van der Waals surface area (Å²) in [5.41, 5.74) is 1.88. The molecular weight excluding hydrogens is 252 g/mol. The van der Waals surface area contributed by atoms with Crippen molar-refractivity contribution in [2.45, 2.75) is 38.5 Å². The molecule has 106 valence electrons. The Hall–Kier alpha value is -1.84. The third-order valence-corrected chi connectivity index (χ3v) is 4.40. The molecule has 2 aliphatic heterocycles. The van der Waals surface area contributed by atoms with Crippen LogP contribution in [0.3, 0.4) is 0 Å². The summed E-state index contributed by atoms with van der Waals surface area (Å²) in [5, 5.41) is 2.87. The van der Waals surface area contributed by atoms with Crippen LogP contribution in [0.5, 0.6) is 0 Å². The summed E-state index contributed by atoms with van der Waals surface area (Å²) in [6, 6.07) is 5.54. The molecule has 0 unspecified atom stereocenters. The predicted molar refractivity (Wildman–Crippen MR) is 77.9 cm³/mol. The molecule has 4 nitrogen and oxygen atoms in total. The van der Waals surface area contributed by atoms with Crippen LogP contribution in [0.1, 0.15) is 49.0 Å². The summed E-state index contributed by atoms with van der Waals surface area (Å²) >= 11 is 0. The van der Waals surface area contributed by atoms with E-state index in [1.807, 2.05) is 36.9 Å². The van der Waals surface area contributed by atoms with Crippen LogP contribution in [-0.2, 0) is 10.2 Å². The summed E-state index contributed by atoms with van der Waals surface area (Å²) in [6.07, 6.45) is 3.38. The third kappa shape index (κ3) is 1.99. The van der Waals surface area contributed by atoms with Crippen LogP contribution in [0, 0.1) is 0 Å². The molecule has 0 spiro atoms. The van der Waals surface area contributed by atoms with Gasteiger partial charge in [-0.15, -0.1) is 0 Å². The highest BCUT2D eigenvalue weighted by Crippen LogP contribution is 2.37. The Morgan fingerprint density at radius 1 is 1.20 bits per heavy atom. The van der Waals surface area contributed by atoms with E-state index in [-0.39, 0.29) is 11.8 Å². The largest absolute Gasteiger partial charge is 0.339 e. The van der Waals surface area contributed by atoms with Crippen molar-refractivity contribution in [3.05, 3.63) is 29.3 Å². The van der Waals surface area contributed by atoms with E-state index in [0.717, 1.165) is 37.2 Å². The number of piperidine rings is 1. The Morgan fingerprint density at radius 3 is 2.60 bits per heavy atom. The minimum absolute atomic E-state index is 0.00456. The number of rotatable bonds is 1. The van der Waals surface area contributed by atoms with E-state index in [1.54, 1.807) is 0 Å². The molecule has 0 radical (unpaired) electrons. The number of nitrogens with zero attached hydrogens (tertiary/aromatic N) is 1. The lowest BCUT2D eigenvalue weighted by molar-refractivity contribution is -0.119. The zero-order valence-corrected chi connectivity index (χ0v) is 12.0. The molecule has 0 aromatic heterocycles. The number of benzene rings is 1. The van der Waals surface area contributed by atoms with Crippen molar-refractivity contribution in [2.75, 3.05) is 18.4 Å². The van der Waals surface area contributed by atoms with Gasteiger partial charge in [0.05, 0.1) is 5.41 Å². The Labute approximate surface area is 119 Å². The van der Waals surface area contributed by atoms with Crippen LogP contribution in [0.25, 0.3) is 0 Å². The molecule has 0 atom stereocenters. The molecule has 0 saturated carbocycles. The van der Waals surface area contributed by atoms with Crippen molar-refractivity contribution in [3.63, 3.8) is 0 Å². The molecule has 4 heteroatoms. The average molecular weight is 272 g/mol. The summed E-state index contributed by atoms with van der Waals surface area (Å²) in [6.45, 7) is 5.47. The molecule has 2 aliphatic rings. The van der Waals surface area contributed by atoms with Gasteiger partial charge in [-0.2, -0.15) is 0 Å². The van der Waals surface area contributed by atoms with Gasteiger partial charge in [-0.05, 0) is 56.9 Å². The number of carbonyl (C=O) groups excluding carboxylic acids is 2. The van der Waals surface area contributed by atoms with E-state index in [0.29, 0.717) is 5.56 Å². The Kier molecular flexibility index (Phi) is 3.04. The highest BCUT2D eigenvalue weighted by atomic mass is 16.2. The van der Waals surface area contributed by atoms with E-state index in [4.69, 9.17) is 0 Å². The fourth-order valence-electron chi connectivity index (χ4n) is 2.98. The van der Waals surface area contributed by atoms with Crippen molar-refractivity contribution in [1.82, 2.24) is 4.90 Å².